The number of carbonyl (C=O) groups is 1. The number of primary amides is 1. The van der Waals surface area contributed by atoms with Gasteiger partial charge < -0.3 is 10.6 Å². The molecule has 1 amide bonds. The number of nitrogens with two attached hydrogens (primary N) is 1. The van der Waals surface area contributed by atoms with E-state index in [1.165, 1.54) is 71.2 Å². The van der Waals surface area contributed by atoms with Crippen LogP contribution in [0.5, 0.6) is 0 Å². The molecule has 3 rings (SSSR count). The zero-order chi connectivity index (χ0) is 17.2. The summed E-state index contributed by atoms with van der Waals surface area (Å²) in [5, 5.41) is 0. The third kappa shape index (κ3) is 6.25. The van der Waals surface area contributed by atoms with Crippen molar-refractivity contribution in [3.8, 4) is 0 Å². The highest BCUT2D eigenvalue weighted by Gasteiger charge is 2.24. The zero-order valence-electron chi connectivity index (χ0n) is 15.1. The maximum atomic E-state index is 10.4. The lowest BCUT2D eigenvalue weighted by Gasteiger charge is -2.40. The minimum Gasteiger partial charge on any atom is -0.366 e. The van der Waals surface area contributed by atoms with E-state index in [4.69, 9.17) is 5.73 Å². The summed E-state index contributed by atoms with van der Waals surface area (Å²) in [7, 11) is 0. The topological polar surface area (TPSA) is 49.6 Å². The number of rotatable bonds is 4. The summed E-state index contributed by atoms with van der Waals surface area (Å²) in [6, 6.07) is 9.69. The Hall–Kier alpha value is -1.39. The molecule has 0 bridgehead atoms. The average molecular weight is 332 g/mol. The Balaban J connectivity index is 0.000000198. The first-order chi connectivity index (χ1) is 11.7. The Labute approximate surface area is 147 Å². The minimum atomic E-state index is -0.379. The van der Waals surface area contributed by atoms with Crippen LogP contribution >= 0.6 is 0 Å². The summed E-state index contributed by atoms with van der Waals surface area (Å²) in [6.07, 6.45) is 8.66. The molecule has 0 spiro atoms. The van der Waals surface area contributed by atoms with Crippen molar-refractivity contribution < 1.29 is 4.79 Å². The Morgan fingerprint density at radius 3 is 2.17 bits per heavy atom. The summed E-state index contributed by atoms with van der Waals surface area (Å²) in [4.78, 5) is 15.8. The average Bonchev–Trinajstić information content (AvgIpc) is 2.65. The van der Waals surface area contributed by atoms with E-state index in [2.05, 4.69) is 16.7 Å². The number of carbonyl (C=O) groups excluding carboxylic acids is 1. The number of benzene rings is 1. The van der Waals surface area contributed by atoms with E-state index in [1.54, 1.807) is 24.3 Å². The SMILES string of the molecule is CCCN1CCN(C2CCCCC2)CC1.NC(=O)c1ccccc1. The summed E-state index contributed by atoms with van der Waals surface area (Å²) in [5.41, 5.74) is 5.53. The second-order valence-corrected chi connectivity index (χ2v) is 6.90. The Kier molecular flexibility index (Phi) is 8.26. The molecule has 1 heterocycles. The molecule has 0 aromatic heterocycles. The normalized spacial score (nSPS) is 20.2. The highest BCUT2D eigenvalue weighted by molar-refractivity contribution is 5.92. The van der Waals surface area contributed by atoms with E-state index < -0.39 is 0 Å². The van der Waals surface area contributed by atoms with E-state index >= 15 is 0 Å². The van der Waals surface area contributed by atoms with Crippen molar-refractivity contribution in [2.24, 2.45) is 5.73 Å². The molecule has 1 aromatic rings. The van der Waals surface area contributed by atoms with Crippen molar-refractivity contribution in [1.29, 1.82) is 0 Å². The van der Waals surface area contributed by atoms with Gasteiger partial charge in [-0.25, -0.2) is 0 Å². The molecular weight excluding hydrogens is 298 g/mol. The summed E-state index contributed by atoms with van der Waals surface area (Å²) in [6.45, 7) is 8.86. The predicted molar refractivity (Wildman–Crippen MR) is 100 cm³/mol. The molecule has 134 valence electrons. The van der Waals surface area contributed by atoms with Crippen LogP contribution in [0.15, 0.2) is 30.3 Å². The molecule has 1 aliphatic carbocycles. The van der Waals surface area contributed by atoms with Gasteiger partial charge in [-0.15, -0.1) is 0 Å². The van der Waals surface area contributed by atoms with Crippen molar-refractivity contribution in [1.82, 2.24) is 9.80 Å². The minimum absolute atomic E-state index is 0.379. The van der Waals surface area contributed by atoms with E-state index in [1.807, 2.05) is 6.07 Å². The largest absolute Gasteiger partial charge is 0.366 e. The van der Waals surface area contributed by atoms with Gasteiger partial charge in [0, 0.05) is 37.8 Å². The van der Waals surface area contributed by atoms with Crippen LogP contribution in [0, 0.1) is 0 Å². The molecule has 4 heteroatoms. The van der Waals surface area contributed by atoms with Crippen LogP contribution in [0.25, 0.3) is 0 Å². The highest BCUT2D eigenvalue weighted by Crippen LogP contribution is 2.23. The number of hydrogen-bond donors (Lipinski definition) is 1. The highest BCUT2D eigenvalue weighted by atomic mass is 16.1. The van der Waals surface area contributed by atoms with Crippen LogP contribution in [0.4, 0.5) is 0 Å². The van der Waals surface area contributed by atoms with Gasteiger partial charge in [-0.1, -0.05) is 44.4 Å². The smallest absolute Gasteiger partial charge is 0.248 e. The fraction of sp³-hybridized carbons (Fsp3) is 0.650. The van der Waals surface area contributed by atoms with Crippen molar-refractivity contribution in [3.63, 3.8) is 0 Å². The third-order valence-corrected chi connectivity index (χ3v) is 5.10. The fourth-order valence-electron chi connectivity index (χ4n) is 3.72. The number of piperazine rings is 1. The van der Waals surface area contributed by atoms with Crippen LogP contribution in [0.3, 0.4) is 0 Å². The lowest BCUT2D eigenvalue weighted by molar-refractivity contribution is 0.0791. The molecule has 4 nitrogen and oxygen atoms in total. The standard InChI is InChI=1S/C13H26N2.C7H7NO/c1-2-8-14-9-11-15(12-10-14)13-6-4-3-5-7-13;8-7(9)6-4-2-1-3-5-6/h13H,2-12H2,1H3;1-5H,(H2,8,9). The summed E-state index contributed by atoms with van der Waals surface area (Å²) in [5.74, 6) is -0.379. The van der Waals surface area contributed by atoms with E-state index in [9.17, 15) is 4.79 Å². The summed E-state index contributed by atoms with van der Waals surface area (Å²) >= 11 is 0. The van der Waals surface area contributed by atoms with Crippen LogP contribution in [0.1, 0.15) is 55.8 Å². The van der Waals surface area contributed by atoms with E-state index in [0.29, 0.717) is 5.56 Å². The number of amides is 1. The molecule has 0 unspecified atom stereocenters. The molecule has 1 saturated carbocycles. The lowest BCUT2D eigenvalue weighted by atomic mass is 9.94. The van der Waals surface area contributed by atoms with Crippen LogP contribution in [-0.2, 0) is 0 Å². The monoisotopic (exact) mass is 331 g/mol. The van der Waals surface area contributed by atoms with Gasteiger partial charge in [0.15, 0.2) is 0 Å². The first kappa shape index (κ1) is 18.9. The molecule has 24 heavy (non-hydrogen) atoms. The second-order valence-electron chi connectivity index (χ2n) is 6.90. The molecule has 1 aromatic carbocycles. The van der Waals surface area contributed by atoms with Gasteiger partial charge in [0.25, 0.3) is 0 Å². The molecule has 2 aliphatic rings. The number of nitrogens with zero attached hydrogens (tertiary/aromatic N) is 2. The first-order valence-corrected chi connectivity index (χ1v) is 9.52. The maximum Gasteiger partial charge on any atom is 0.248 e. The Morgan fingerprint density at radius 1 is 1.04 bits per heavy atom. The van der Waals surface area contributed by atoms with Gasteiger partial charge in [-0.05, 0) is 37.9 Å². The molecular formula is C20H33N3O. The summed E-state index contributed by atoms with van der Waals surface area (Å²) < 4.78 is 0. The second kappa shape index (κ2) is 10.5. The van der Waals surface area contributed by atoms with Gasteiger partial charge in [0.2, 0.25) is 5.91 Å². The van der Waals surface area contributed by atoms with Gasteiger partial charge in [0.1, 0.15) is 0 Å². The van der Waals surface area contributed by atoms with Crippen LogP contribution in [0.2, 0.25) is 0 Å². The zero-order valence-corrected chi connectivity index (χ0v) is 15.1. The Morgan fingerprint density at radius 2 is 1.67 bits per heavy atom. The molecule has 2 N–H and O–H groups in total. The molecule has 1 saturated heterocycles. The first-order valence-electron chi connectivity index (χ1n) is 9.52. The van der Waals surface area contributed by atoms with Crippen molar-refractivity contribution >= 4 is 5.91 Å². The van der Waals surface area contributed by atoms with Crippen molar-refractivity contribution in [3.05, 3.63) is 35.9 Å². The predicted octanol–water partition coefficient (Wildman–Crippen LogP) is 3.13. The van der Waals surface area contributed by atoms with Crippen LogP contribution in [-0.4, -0.2) is 54.5 Å². The van der Waals surface area contributed by atoms with Gasteiger partial charge in [-0.2, -0.15) is 0 Å². The fourth-order valence-corrected chi connectivity index (χ4v) is 3.72. The van der Waals surface area contributed by atoms with Crippen LogP contribution < -0.4 is 5.73 Å². The van der Waals surface area contributed by atoms with Gasteiger partial charge >= 0.3 is 0 Å². The van der Waals surface area contributed by atoms with E-state index in [-0.39, 0.29) is 5.91 Å². The molecule has 0 radical (unpaired) electrons. The third-order valence-electron chi connectivity index (χ3n) is 5.10. The lowest BCUT2D eigenvalue weighted by Crippen LogP contribution is -2.50. The maximum absolute atomic E-state index is 10.4. The molecule has 0 atom stereocenters. The van der Waals surface area contributed by atoms with E-state index in [0.717, 1.165) is 6.04 Å². The quantitative estimate of drug-likeness (QED) is 0.922. The molecule has 2 fully saturated rings. The van der Waals surface area contributed by atoms with Crippen molar-refractivity contribution in [2.45, 2.75) is 51.5 Å². The molecule has 1 aliphatic heterocycles. The van der Waals surface area contributed by atoms with Gasteiger partial charge in [0.05, 0.1) is 0 Å². The van der Waals surface area contributed by atoms with Crippen molar-refractivity contribution in [2.75, 3.05) is 32.7 Å². The number of hydrogen-bond acceptors (Lipinski definition) is 3. The Bertz CT molecular complexity index is 463. The van der Waals surface area contributed by atoms with Gasteiger partial charge in [-0.3, -0.25) is 9.69 Å².